The second-order valence-corrected chi connectivity index (χ2v) is 5.28. The molecule has 3 N–H and O–H groups in total. The Hall–Kier alpha value is -2.24. The Balaban J connectivity index is 1.81. The molecule has 22 heavy (non-hydrogen) atoms. The van der Waals surface area contributed by atoms with Crippen molar-refractivity contribution in [2.75, 3.05) is 32.1 Å². The third kappa shape index (κ3) is 4.65. The van der Waals surface area contributed by atoms with Gasteiger partial charge >= 0.3 is 0 Å². The molecule has 0 spiro atoms. The van der Waals surface area contributed by atoms with E-state index in [4.69, 9.17) is 10.5 Å². The molecule has 1 saturated heterocycles. The van der Waals surface area contributed by atoms with Crippen LogP contribution in [0.3, 0.4) is 0 Å². The summed E-state index contributed by atoms with van der Waals surface area (Å²) in [5.74, 6) is 1.15. The number of carbonyl (C=O) groups is 1. The number of nitrogens with zero attached hydrogens (tertiary/aromatic N) is 2. The molecule has 2 rings (SSSR count). The SMILES string of the molecule is COc1ccccc1NC(N)=NCCC(=O)N1CCCCC1. The average molecular weight is 304 g/mol. The van der Waals surface area contributed by atoms with E-state index in [2.05, 4.69) is 10.3 Å². The molecule has 0 bridgehead atoms. The Morgan fingerprint density at radius 1 is 1.32 bits per heavy atom. The van der Waals surface area contributed by atoms with Gasteiger partial charge in [0.05, 0.1) is 19.3 Å². The fraction of sp³-hybridized carbons (Fsp3) is 0.500. The van der Waals surface area contributed by atoms with Gasteiger partial charge in [0, 0.05) is 19.5 Å². The molecule has 1 fully saturated rings. The van der Waals surface area contributed by atoms with Crippen molar-refractivity contribution in [2.45, 2.75) is 25.7 Å². The van der Waals surface area contributed by atoms with Crippen LogP contribution in [-0.2, 0) is 4.79 Å². The fourth-order valence-electron chi connectivity index (χ4n) is 2.50. The first kappa shape index (κ1) is 16.1. The molecule has 1 aromatic carbocycles. The quantitative estimate of drug-likeness (QED) is 0.642. The molecule has 0 radical (unpaired) electrons. The number of likely N-dealkylation sites (tertiary alicyclic amines) is 1. The molecular formula is C16H24N4O2. The molecular weight excluding hydrogens is 280 g/mol. The number of amides is 1. The van der Waals surface area contributed by atoms with Crippen LogP contribution in [0.2, 0.25) is 0 Å². The highest BCUT2D eigenvalue weighted by Gasteiger charge is 2.15. The van der Waals surface area contributed by atoms with Gasteiger partial charge in [-0.1, -0.05) is 12.1 Å². The number of para-hydroxylation sites is 2. The number of carbonyl (C=O) groups excluding carboxylic acids is 1. The Labute approximate surface area is 131 Å². The molecule has 0 atom stereocenters. The molecule has 0 saturated carbocycles. The Morgan fingerprint density at radius 3 is 2.77 bits per heavy atom. The number of methoxy groups -OCH3 is 1. The molecule has 120 valence electrons. The van der Waals surface area contributed by atoms with Crippen molar-refractivity contribution >= 4 is 17.6 Å². The van der Waals surface area contributed by atoms with Gasteiger partial charge in [-0.25, -0.2) is 0 Å². The van der Waals surface area contributed by atoms with Crippen LogP contribution in [0.1, 0.15) is 25.7 Å². The summed E-state index contributed by atoms with van der Waals surface area (Å²) in [5, 5.41) is 2.99. The highest BCUT2D eigenvalue weighted by Crippen LogP contribution is 2.22. The van der Waals surface area contributed by atoms with E-state index in [0.29, 0.717) is 18.7 Å². The lowest BCUT2D eigenvalue weighted by atomic mass is 10.1. The van der Waals surface area contributed by atoms with Crippen LogP contribution in [0.25, 0.3) is 0 Å². The zero-order valence-electron chi connectivity index (χ0n) is 13.0. The number of aliphatic imine (C=N–C) groups is 1. The predicted octanol–water partition coefficient (Wildman–Crippen LogP) is 1.82. The summed E-state index contributed by atoms with van der Waals surface area (Å²) < 4.78 is 5.23. The van der Waals surface area contributed by atoms with Crippen LogP contribution in [0, 0.1) is 0 Å². The Kier molecular flexibility index (Phi) is 6.06. The third-order valence-corrected chi connectivity index (χ3v) is 3.69. The van der Waals surface area contributed by atoms with Crippen LogP contribution in [0.5, 0.6) is 5.75 Å². The topological polar surface area (TPSA) is 80.0 Å². The summed E-state index contributed by atoms with van der Waals surface area (Å²) in [7, 11) is 1.60. The van der Waals surface area contributed by atoms with Crippen LogP contribution < -0.4 is 15.8 Å². The second-order valence-electron chi connectivity index (χ2n) is 5.28. The van der Waals surface area contributed by atoms with Gasteiger partial charge < -0.3 is 20.7 Å². The van der Waals surface area contributed by atoms with Crippen molar-refractivity contribution < 1.29 is 9.53 Å². The zero-order chi connectivity index (χ0) is 15.8. The molecule has 6 nitrogen and oxygen atoms in total. The van der Waals surface area contributed by atoms with Crippen molar-refractivity contribution in [1.82, 2.24) is 4.90 Å². The molecule has 0 aromatic heterocycles. The summed E-state index contributed by atoms with van der Waals surface area (Å²) in [5.41, 5.74) is 6.61. The lowest BCUT2D eigenvalue weighted by Gasteiger charge is -2.26. The molecule has 0 unspecified atom stereocenters. The summed E-state index contributed by atoms with van der Waals surface area (Å²) in [4.78, 5) is 18.1. The zero-order valence-corrected chi connectivity index (χ0v) is 13.0. The van der Waals surface area contributed by atoms with Gasteiger partial charge in [0.1, 0.15) is 5.75 Å². The number of hydrogen-bond acceptors (Lipinski definition) is 3. The average Bonchev–Trinajstić information content (AvgIpc) is 2.56. The van der Waals surface area contributed by atoms with Gasteiger partial charge in [-0.3, -0.25) is 9.79 Å². The number of nitrogens with two attached hydrogens (primary N) is 1. The second kappa shape index (κ2) is 8.26. The maximum atomic E-state index is 12.0. The normalized spacial score (nSPS) is 15.5. The fourth-order valence-corrected chi connectivity index (χ4v) is 2.50. The van der Waals surface area contributed by atoms with Gasteiger partial charge in [-0.2, -0.15) is 0 Å². The summed E-state index contributed by atoms with van der Waals surface area (Å²) in [6, 6.07) is 7.47. The van der Waals surface area contributed by atoms with Gasteiger partial charge in [0.25, 0.3) is 0 Å². The van der Waals surface area contributed by atoms with Crippen molar-refractivity contribution in [2.24, 2.45) is 10.7 Å². The van der Waals surface area contributed by atoms with E-state index in [-0.39, 0.29) is 11.9 Å². The van der Waals surface area contributed by atoms with E-state index in [1.54, 1.807) is 7.11 Å². The minimum Gasteiger partial charge on any atom is -0.495 e. The largest absolute Gasteiger partial charge is 0.495 e. The van der Waals surface area contributed by atoms with Crippen LogP contribution in [0.4, 0.5) is 5.69 Å². The Morgan fingerprint density at radius 2 is 2.05 bits per heavy atom. The van der Waals surface area contributed by atoms with Gasteiger partial charge in [-0.15, -0.1) is 0 Å². The number of piperidine rings is 1. The van der Waals surface area contributed by atoms with E-state index in [9.17, 15) is 4.79 Å². The van der Waals surface area contributed by atoms with Crippen molar-refractivity contribution in [3.8, 4) is 5.75 Å². The summed E-state index contributed by atoms with van der Waals surface area (Å²) >= 11 is 0. The van der Waals surface area contributed by atoms with Gasteiger partial charge in [0.2, 0.25) is 5.91 Å². The first-order valence-corrected chi connectivity index (χ1v) is 7.68. The molecule has 1 heterocycles. The van der Waals surface area contributed by atoms with Crippen molar-refractivity contribution in [1.29, 1.82) is 0 Å². The van der Waals surface area contributed by atoms with E-state index in [1.165, 1.54) is 6.42 Å². The van der Waals surface area contributed by atoms with Gasteiger partial charge in [-0.05, 0) is 31.4 Å². The monoisotopic (exact) mass is 304 g/mol. The predicted molar refractivity (Wildman–Crippen MR) is 88.2 cm³/mol. The summed E-state index contributed by atoms with van der Waals surface area (Å²) in [6.45, 7) is 2.14. The van der Waals surface area contributed by atoms with Crippen LogP contribution >= 0.6 is 0 Å². The molecule has 1 amide bonds. The number of anilines is 1. The summed E-state index contributed by atoms with van der Waals surface area (Å²) in [6.07, 6.45) is 3.82. The number of nitrogens with one attached hydrogen (secondary N) is 1. The molecule has 1 aliphatic rings. The number of ether oxygens (including phenoxy) is 1. The minimum atomic E-state index is 0.161. The molecule has 1 aromatic rings. The van der Waals surface area contributed by atoms with E-state index in [0.717, 1.165) is 31.6 Å². The smallest absolute Gasteiger partial charge is 0.224 e. The maximum Gasteiger partial charge on any atom is 0.224 e. The first-order chi connectivity index (χ1) is 10.7. The number of rotatable bonds is 5. The number of guanidine groups is 1. The van der Waals surface area contributed by atoms with Crippen molar-refractivity contribution in [3.63, 3.8) is 0 Å². The highest BCUT2D eigenvalue weighted by molar-refractivity contribution is 5.93. The lowest BCUT2D eigenvalue weighted by Crippen LogP contribution is -2.36. The molecule has 6 heteroatoms. The van der Waals surface area contributed by atoms with E-state index in [1.807, 2.05) is 29.2 Å². The maximum absolute atomic E-state index is 12.0. The van der Waals surface area contributed by atoms with Crippen LogP contribution in [0.15, 0.2) is 29.3 Å². The van der Waals surface area contributed by atoms with E-state index < -0.39 is 0 Å². The van der Waals surface area contributed by atoms with Crippen molar-refractivity contribution in [3.05, 3.63) is 24.3 Å². The van der Waals surface area contributed by atoms with Crippen LogP contribution in [-0.4, -0.2) is 43.5 Å². The number of benzene rings is 1. The Bertz CT molecular complexity index is 525. The number of hydrogen-bond donors (Lipinski definition) is 2. The highest BCUT2D eigenvalue weighted by atomic mass is 16.5. The molecule has 1 aliphatic heterocycles. The molecule has 0 aliphatic carbocycles. The van der Waals surface area contributed by atoms with Gasteiger partial charge in [0.15, 0.2) is 5.96 Å². The standard InChI is InChI=1S/C16H24N4O2/c1-22-14-8-4-3-7-13(14)19-16(17)18-10-9-15(21)20-11-5-2-6-12-20/h3-4,7-8H,2,5-6,9-12H2,1H3,(H3,17,18,19). The van der Waals surface area contributed by atoms with E-state index >= 15 is 0 Å². The third-order valence-electron chi connectivity index (χ3n) is 3.69. The first-order valence-electron chi connectivity index (χ1n) is 7.68. The minimum absolute atomic E-state index is 0.161. The lowest BCUT2D eigenvalue weighted by molar-refractivity contribution is -0.131.